The number of rotatable bonds is 1. The van der Waals surface area contributed by atoms with Crippen molar-refractivity contribution in [2.75, 3.05) is 6.61 Å². The standard InChI is InChI=1S/C13H11BrIN3O/c14-9-5-8(7-16)12-10(6-9)18(17-13(12)15)11-3-1-2-4-19-11/h5-6,11H,1-4H2. The molecule has 1 aromatic carbocycles. The van der Waals surface area contributed by atoms with Crippen LogP contribution in [0.2, 0.25) is 0 Å². The van der Waals surface area contributed by atoms with Gasteiger partial charge in [-0.2, -0.15) is 10.4 Å². The number of nitriles is 1. The lowest BCUT2D eigenvalue weighted by Crippen LogP contribution is -2.19. The van der Waals surface area contributed by atoms with Crippen molar-refractivity contribution in [2.45, 2.75) is 25.5 Å². The van der Waals surface area contributed by atoms with Gasteiger partial charge >= 0.3 is 0 Å². The summed E-state index contributed by atoms with van der Waals surface area (Å²) >= 11 is 5.64. The van der Waals surface area contributed by atoms with Crippen molar-refractivity contribution in [2.24, 2.45) is 0 Å². The molecule has 19 heavy (non-hydrogen) atoms. The smallest absolute Gasteiger partial charge is 0.150 e. The third-order valence-electron chi connectivity index (χ3n) is 3.28. The van der Waals surface area contributed by atoms with Crippen LogP contribution in [-0.2, 0) is 4.74 Å². The van der Waals surface area contributed by atoms with Crippen molar-refractivity contribution in [3.8, 4) is 6.07 Å². The summed E-state index contributed by atoms with van der Waals surface area (Å²) in [5, 5.41) is 14.7. The van der Waals surface area contributed by atoms with E-state index in [1.165, 1.54) is 0 Å². The van der Waals surface area contributed by atoms with E-state index in [9.17, 15) is 5.26 Å². The van der Waals surface area contributed by atoms with Crippen molar-refractivity contribution in [1.29, 1.82) is 5.26 Å². The third kappa shape index (κ3) is 2.39. The fourth-order valence-electron chi connectivity index (χ4n) is 2.41. The lowest BCUT2D eigenvalue weighted by molar-refractivity contribution is -0.0368. The quantitative estimate of drug-likeness (QED) is 0.642. The van der Waals surface area contributed by atoms with E-state index in [1.807, 2.05) is 16.8 Å². The van der Waals surface area contributed by atoms with Gasteiger partial charge in [-0.05, 0) is 54.0 Å². The molecule has 2 heterocycles. The van der Waals surface area contributed by atoms with Crippen LogP contribution in [0.5, 0.6) is 0 Å². The van der Waals surface area contributed by atoms with Crippen molar-refractivity contribution < 1.29 is 4.74 Å². The van der Waals surface area contributed by atoms with Crippen LogP contribution < -0.4 is 0 Å². The first-order valence-electron chi connectivity index (χ1n) is 6.09. The first kappa shape index (κ1) is 13.3. The van der Waals surface area contributed by atoms with Gasteiger partial charge in [-0.25, -0.2) is 4.68 Å². The third-order valence-corrected chi connectivity index (χ3v) is 4.49. The van der Waals surface area contributed by atoms with Crippen molar-refractivity contribution in [1.82, 2.24) is 9.78 Å². The van der Waals surface area contributed by atoms with Gasteiger partial charge in [0.1, 0.15) is 3.70 Å². The fourth-order valence-corrected chi connectivity index (χ4v) is 3.66. The van der Waals surface area contributed by atoms with Gasteiger partial charge in [0.25, 0.3) is 0 Å². The van der Waals surface area contributed by atoms with E-state index in [1.54, 1.807) is 0 Å². The van der Waals surface area contributed by atoms with Crippen LogP contribution in [0.3, 0.4) is 0 Å². The summed E-state index contributed by atoms with van der Waals surface area (Å²) in [4.78, 5) is 0. The van der Waals surface area contributed by atoms with Crippen LogP contribution in [0, 0.1) is 15.0 Å². The van der Waals surface area contributed by atoms with Gasteiger partial charge in [-0.3, -0.25) is 0 Å². The predicted octanol–water partition coefficient (Wildman–Crippen LogP) is 3.97. The zero-order valence-electron chi connectivity index (χ0n) is 10.1. The van der Waals surface area contributed by atoms with E-state index in [4.69, 9.17) is 4.74 Å². The number of fused-ring (bicyclic) bond motifs is 1. The Labute approximate surface area is 133 Å². The van der Waals surface area contributed by atoms with Gasteiger partial charge in [-0.1, -0.05) is 15.9 Å². The minimum Gasteiger partial charge on any atom is -0.356 e. The molecule has 1 aliphatic rings. The Morgan fingerprint density at radius 1 is 1.47 bits per heavy atom. The molecule has 1 atom stereocenters. The minimum atomic E-state index is -0.0133. The highest BCUT2D eigenvalue weighted by Gasteiger charge is 2.22. The number of hydrogen-bond acceptors (Lipinski definition) is 3. The molecule has 0 radical (unpaired) electrons. The molecule has 1 saturated heterocycles. The number of hydrogen-bond donors (Lipinski definition) is 0. The molecular weight excluding hydrogens is 421 g/mol. The Balaban J connectivity index is 2.21. The molecule has 6 heteroatoms. The number of benzene rings is 1. The Bertz CT molecular complexity index is 671. The van der Waals surface area contributed by atoms with Crippen LogP contribution in [0.25, 0.3) is 10.9 Å². The van der Waals surface area contributed by atoms with Crippen molar-refractivity contribution in [3.05, 3.63) is 25.9 Å². The van der Waals surface area contributed by atoms with Crippen LogP contribution in [-0.4, -0.2) is 16.4 Å². The number of halogens is 2. The maximum Gasteiger partial charge on any atom is 0.150 e. The summed E-state index contributed by atoms with van der Waals surface area (Å²) < 4.78 is 9.46. The Morgan fingerprint density at radius 2 is 2.32 bits per heavy atom. The highest BCUT2D eigenvalue weighted by Crippen LogP contribution is 2.32. The molecular formula is C13H11BrIN3O. The van der Waals surface area contributed by atoms with Crippen LogP contribution in [0.4, 0.5) is 0 Å². The second kappa shape index (κ2) is 5.38. The van der Waals surface area contributed by atoms with E-state index in [0.29, 0.717) is 5.56 Å². The SMILES string of the molecule is N#Cc1cc(Br)cc2c1c(I)nn2C1CCCCO1. The first-order chi connectivity index (χ1) is 9.20. The van der Waals surface area contributed by atoms with Gasteiger partial charge in [-0.15, -0.1) is 0 Å². The van der Waals surface area contributed by atoms with Gasteiger partial charge in [0, 0.05) is 11.1 Å². The lowest BCUT2D eigenvalue weighted by atomic mass is 10.1. The summed E-state index contributed by atoms with van der Waals surface area (Å²) in [5.41, 5.74) is 1.61. The largest absolute Gasteiger partial charge is 0.356 e. The molecule has 0 amide bonds. The topological polar surface area (TPSA) is 50.8 Å². The number of nitrogens with zero attached hydrogens (tertiary/aromatic N) is 3. The summed E-state index contributed by atoms with van der Waals surface area (Å²) in [6, 6.07) is 6.07. The molecule has 98 valence electrons. The number of aromatic nitrogens is 2. The van der Waals surface area contributed by atoms with Crippen molar-refractivity contribution >= 4 is 49.4 Å². The second-order valence-corrected chi connectivity index (χ2v) is 6.45. The predicted molar refractivity (Wildman–Crippen MR) is 83.7 cm³/mol. The Kier molecular flexibility index (Phi) is 3.78. The zero-order chi connectivity index (χ0) is 13.4. The molecule has 0 saturated carbocycles. The average molecular weight is 432 g/mol. The number of ether oxygens (including phenoxy) is 1. The molecule has 4 nitrogen and oxygen atoms in total. The normalized spacial score (nSPS) is 19.5. The van der Waals surface area contributed by atoms with Crippen LogP contribution in [0.1, 0.15) is 31.1 Å². The molecule has 3 rings (SSSR count). The maximum atomic E-state index is 9.26. The second-order valence-electron chi connectivity index (χ2n) is 4.52. The van der Waals surface area contributed by atoms with Gasteiger partial charge in [0.2, 0.25) is 0 Å². The summed E-state index contributed by atoms with van der Waals surface area (Å²) in [5.74, 6) is 0. The van der Waals surface area contributed by atoms with E-state index in [2.05, 4.69) is 49.7 Å². The van der Waals surface area contributed by atoms with Crippen LogP contribution >= 0.6 is 38.5 Å². The fraction of sp³-hybridized carbons (Fsp3) is 0.385. The van der Waals surface area contributed by atoms with Crippen LogP contribution in [0.15, 0.2) is 16.6 Å². The van der Waals surface area contributed by atoms with E-state index >= 15 is 0 Å². The molecule has 0 spiro atoms. The molecule has 1 aromatic heterocycles. The Morgan fingerprint density at radius 3 is 3.00 bits per heavy atom. The average Bonchev–Trinajstić information content (AvgIpc) is 2.76. The van der Waals surface area contributed by atoms with Gasteiger partial charge in [0.05, 0.1) is 22.5 Å². The maximum absolute atomic E-state index is 9.26. The zero-order valence-corrected chi connectivity index (χ0v) is 13.8. The van der Waals surface area contributed by atoms with E-state index < -0.39 is 0 Å². The van der Waals surface area contributed by atoms with E-state index in [-0.39, 0.29) is 6.23 Å². The lowest BCUT2D eigenvalue weighted by Gasteiger charge is -2.23. The first-order valence-corrected chi connectivity index (χ1v) is 7.97. The summed E-state index contributed by atoms with van der Waals surface area (Å²) in [7, 11) is 0. The summed E-state index contributed by atoms with van der Waals surface area (Å²) in [6.07, 6.45) is 3.23. The highest BCUT2D eigenvalue weighted by atomic mass is 127. The molecule has 1 fully saturated rings. The molecule has 2 aromatic rings. The highest BCUT2D eigenvalue weighted by molar-refractivity contribution is 14.1. The minimum absolute atomic E-state index is 0.0133. The monoisotopic (exact) mass is 431 g/mol. The van der Waals surface area contributed by atoms with Gasteiger partial charge in [0.15, 0.2) is 6.23 Å². The van der Waals surface area contributed by atoms with E-state index in [0.717, 1.165) is 44.9 Å². The van der Waals surface area contributed by atoms with Gasteiger partial charge < -0.3 is 4.74 Å². The summed E-state index contributed by atoms with van der Waals surface area (Å²) in [6.45, 7) is 0.779. The Hall–Kier alpha value is -0.650. The molecule has 0 aliphatic carbocycles. The molecule has 0 N–H and O–H groups in total. The molecule has 0 bridgehead atoms. The molecule has 1 unspecified atom stereocenters. The van der Waals surface area contributed by atoms with Crippen molar-refractivity contribution in [3.63, 3.8) is 0 Å². The molecule has 1 aliphatic heterocycles.